The van der Waals surface area contributed by atoms with Crippen molar-refractivity contribution in [1.82, 2.24) is 24.5 Å². The summed E-state index contributed by atoms with van der Waals surface area (Å²) in [7, 11) is 0. The number of benzene rings is 1. The number of fused-ring (bicyclic) bond motifs is 3. The maximum atomic E-state index is 13.2. The summed E-state index contributed by atoms with van der Waals surface area (Å²) in [6.07, 6.45) is 3.90. The van der Waals surface area contributed by atoms with Gasteiger partial charge >= 0.3 is 0 Å². The number of halogens is 1. The highest BCUT2D eigenvalue weighted by atomic mass is 19.1. The van der Waals surface area contributed by atoms with Crippen molar-refractivity contribution in [2.24, 2.45) is 0 Å². The number of nitrogens with zero attached hydrogens (tertiary/aromatic N) is 4. The van der Waals surface area contributed by atoms with E-state index < -0.39 is 0 Å². The Balaban J connectivity index is 1.33. The van der Waals surface area contributed by atoms with Crippen molar-refractivity contribution in [3.63, 3.8) is 0 Å². The Bertz CT molecular complexity index is 1120. The molecule has 8 heteroatoms. The third-order valence-corrected chi connectivity index (χ3v) is 6.19. The topological polar surface area (TPSA) is 83.4 Å². The van der Waals surface area contributed by atoms with Gasteiger partial charge in [-0.1, -0.05) is 12.1 Å². The number of aromatic amines is 1. The van der Waals surface area contributed by atoms with Crippen LogP contribution in [0.4, 0.5) is 4.39 Å². The number of rotatable bonds is 3. The summed E-state index contributed by atoms with van der Waals surface area (Å²) in [5, 5.41) is 2.90. The molecule has 4 heterocycles. The molecule has 2 bridgehead atoms. The fourth-order valence-corrected chi connectivity index (χ4v) is 4.94. The molecule has 0 unspecified atom stereocenters. The second kappa shape index (κ2) is 6.79. The van der Waals surface area contributed by atoms with Crippen LogP contribution in [-0.4, -0.2) is 42.5 Å². The molecule has 1 aromatic carbocycles. The highest BCUT2D eigenvalue weighted by Gasteiger charge is 2.43. The van der Waals surface area contributed by atoms with Gasteiger partial charge in [0.25, 0.3) is 11.3 Å². The largest absolute Gasteiger partial charge is 0.336 e. The van der Waals surface area contributed by atoms with Gasteiger partial charge in [-0.05, 0) is 56.2 Å². The Morgan fingerprint density at radius 1 is 1.17 bits per heavy atom. The molecule has 2 aliphatic rings. The molecule has 5 rings (SSSR count). The highest BCUT2D eigenvalue weighted by Crippen LogP contribution is 2.43. The number of hydrogen-bond donors (Lipinski definition) is 1. The third-order valence-electron chi connectivity index (χ3n) is 6.19. The molecule has 2 aromatic heterocycles. The quantitative estimate of drug-likeness (QED) is 0.738. The van der Waals surface area contributed by atoms with Gasteiger partial charge in [0, 0.05) is 23.8 Å². The summed E-state index contributed by atoms with van der Waals surface area (Å²) in [6.45, 7) is 1.74. The van der Waals surface area contributed by atoms with E-state index in [4.69, 9.17) is 0 Å². The van der Waals surface area contributed by atoms with Crippen molar-refractivity contribution >= 4 is 11.7 Å². The van der Waals surface area contributed by atoms with Gasteiger partial charge in [0.2, 0.25) is 5.91 Å². The molecular formula is C21H22FN5O2. The Morgan fingerprint density at radius 3 is 2.55 bits per heavy atom. The number of H-pyrrole nitrogens is 1. The molecule has 1 amide bonds. The van der Waals surface area contributed by atoms with Crippen molar-refractivity contribution < 1.29 is 9.18 Å². The summed E-state index contributed by atoms with van der Waals surface area (Å²) in [5.41, 5.74) is 1.51. The maximum Gasteiger partial charge on any atom is 0.274 e. The zero-order chi connectivity index (χ0) is 20.1. The Labute approximate surface area is 166 Å². The molecule has 3 aromatic rings. The van der Waals surface area contributed by atoms with Crippen LogP contribution in [0.5, 0.6) is 0 Å². The van der Waals surface area contributed by atoms with Crippen molar-refractivity contribution in [2.45, 2.75) is 57.0 Å². The molecule has 7 nitrogen and oxygen atoms in total. The van der Waals surface area contributed by atoms with Crippen LogP contribution in [0.15, 0.2) is 35.1 Å². The molecule has 1 N–H and O–H groups in total. The van der Waals surface area contributed by atoms with Gasteiger partial charge in [0.05, 0.1) is 6.42 Å². The average molecular weight is 395 g/mol. The molecule has 0 radical (unpaired) electrons. The minimum absolute atomic E-state index is 0.0267. The van der Waals surface area contributed by atoms with E-state index in [9.17, 15) is 14.0 Å². The monoisotopic (exact) mass is 395 g/mol. The number of piperidine rings is 1. The standard InChI is InChI=1S/C21H22FN5O2/c1-12-8-20(29)27-21(23-12)24-18(25-27)11-19(28)26-16-6-7-17(26)10-14(9-16)13-2-4-15(22)5-3-13/h2-5,8,14,16-17H,6-7,9-11H2,1H3,(H,23,24,25)/t16-,17-/m0/s1. The Kier molecular flexibility index (Phi) is 4.22. The van der Waals surface area contributed by atoms with Crippen LogP contribution in [0.1, 0.15) is 48.7 Å². The minimum Gasteiger partial charge on any atom is -0.336 e. The predicted octanol–water partition coefficient (Wildman–Crippen LogP) is 2.34. The molecular weight excluding hydrogens is 373 g/mol. The van der Waals surface area contributed by atoms with Crippen LogP contribution < -0.4 is 5.56 Å². The first-order valence-corrected chi connectivity index (χ1v) is 10.00. The molecule has 2 fully saturated rings. The van der Waals surface area contributed by atoms with E-state index >= 15 is 0 Å². The number of hydrogen-bond acceptors (Lipinski definition) is 4. The fraction of sp³-hybridized carbons (Fsp3) is 0.429. The lowest BCUT2D eigenvalue weighted by molar-refractivity contribution is -0.135. The number of aryl methyl sites for hydroxylation is 1. The normalized spacial score (nSPS) is 23.7. The molecule has 2 aliphatic heterocycles. The number of carbonyl (C=O) groups excluding carboxylic acids is 1. The first-order chi connectivity index (χ1) is 14.0. The van der Waals surface area contributed by atoms with Gasteiger partial charge in [0.15, 0.2) is 0 Å². The summed E-state index contributed by atoms with van der Waals surface area (Å²) >= 11 is 0. The molecule has 0 aliphatic carbocycles. The van der Waals surface area contributed by atoms with Crippen molar-refractivity contribution in [3.8, 4) is 0 Å². The van der Waals surface area contributed by atoms with Gasteiger partial charge in [-0.15, -0.1) is 0 Å². The van der Waals surface area contributed by atoms with Crippen LogP contribution in [0.25, 0.3) is 5.78 Å². The zero-order valence-corrected chi connectivity index (χ0v) is 16.1. The van der Waals surface area contributed by atoms with E-state index in [2.05, 4.69) is 15.1 Å². The van der Waals surface area contributed by atoms with Gasteiger partial charge in [-0.2, -0.15) is 9.50 Å². The average Bonchev–Trinajstić information content (AvgIpc) is 3.20. The lowest BCUT2D eigenvalue weighted by Gasteiger charge is -2.39. The molecule has 0 spiro atoms. The summed E-state index contributed by atoms with van der Waals surface area (Å²) in [6, 6.07) is 8.56. The molecule has 2 atom stereocenters. The van der Waals surface area contributed by atoms with Crippen LogP contribution in [0, 0.1) is 12.7 Å². The van der Waals surface area contributed by atoms with Gasteiger partial charge in [-0.3, -0.25) is 14.7 Å². The predicted molar refractivity (Wildman–Crippen MR) is 104 cm³/mol. The van der Waals surface area contributed by atoms with E-state index in [0.717, 1.165) is 31.2 Å². The molecule has 29 heavy (non-hydrogen) atoms. The van der Waals surface area contributed by atoms with E-state index in [-0.39, 0.29) is 41.6 Å². The van der Waals surface area contributed by atoms with E-state index in [1.54, 1.807) is 6.92 Å². The van der Waals surface area contributed by atoms with Crippen molar-refractivity contribution in [3.05, 3.63) is 63.6 Å². The summed E-state index contributed by atoms with van der Waals surface area (Å²) in [5.74, 6) is 0.896. The Hall–Kier alpha value is -3.03. The number of nitrogens with one attached hydrogen (secondary N) is 1. The van der Waals surface area contributed by atoms with Gasteiger partial charge in [-0.25, -0.2) is 9.37 Å². The van der Waals surface area contributed by atoms with Crippen LogP contribution >= 0.6 is 0 Å². The number of amides is 1. The first-order valence-electron chi connectivity index (χ1n) is 10.00. The summed E-state index contributed by atoms with van der Waals surface area (Å²) in [4.78, 5) is 35.7. The SMILES string of the molecule is Cc1cc(=O)n2[nH]c(CC(=O)N3[C@H]4CC[C@H]3CC(c3ccc(F)cc3)C4)nc2n1. The number of carbonyl (C=O) groups is 1. The van der Waals surface area contributed by atoms with Crippen LogP contribution in [0.2, 0.25) is 0 Å². The Morgan fingerprint density at radius 2 is 1.86 bits per heavy atom. The van der Waals surface area contributed by atoms with E-state index in [1.807, 2.05) is 17.0 Å². The smallest absolute Gasteiger partial charge is 0.274 e. The van der Waals surface area contributed by atoms with Crippen molar-refractivity contribution in [1.29, 1.82) is 0 Å². The van der Waals surface area contributed by atoms with E-state index in [0.29, 0.717) is 17.4 Å². The van der Waals surface area contributed by atoms with Gasteiger partial charge in [0.1, 0.15) is 11.6 Å². The minimum atomic E-state index is -0.237. The second-order valence-corrected chi connectivity index (χ2v) is 8.12. The fourth-order valence-electron chi connectivity index (χ4n) is 4.94. The number of aromatic nitrogens is 4. The lowest BCUT2D eigenvalue weighted by atomic mass is 9.85. The highest BCUT2D eigenvalue weighted by molar-refractivity contribution is 5.79. The van der Waals surface area contributed by atoms with Crippen LogP contribution in [0.3, 0.4) is 0 Å². The summed E-state index contributed by atoms with van der Waals surface area (Å²) < 4.78 is 14.5. The van der Waals surface area contributed by atoms with E-state index in [1.165, 1.54) is 22.7 Å². The molecule has 2 saturated heterocycles. The maximum absolute atomic E-state index is 13.2. The third kappa shape index (κ3) is 3.22. The molecule has 150 valence electrons. The zero-order valence-electron chi connectivity index (χ0n) is 16.1. The first kappa shape index (κ1) is 18.0. The van der Waals surface area contributed by atoms with Gasteiger partial charge < -0.3 is 4.90 Å². The molecule has 0 saturated carbocycles. The van der Waals surface area contributed by atoms with Crippen molar-refractivity contribution in [2.75, 3.05) is 0 Å². The lowest BCUT2D eigenvalue weighted by Crippen LogP contribution is -2.46. The van der Waals surface area contributed by atoms with Crippen LogP contribution in [-0.2, 0) is 11.2 Å². The second-order valence-electron chi connectivity index (χ2n) is 8.12.